The summed E-state index contributed by atoms with van der Waals surface area (Å²) in [7, 11) is 1.93. The molecule has 0 bridgehead atoms. The number of hydrogen-bond acceptors (Lipinski definition) is 7. The minimum atomic E-state index is 0.460. The van der Waals surface area contributed by atoms with Gasteiger partial charge in [-0.15, -0.1) is 0 Å². The van der Waals surface area contributed by atoms with Crippen molar-refractivity contribution < 1.29 is 0 Å². The van der Waals surface area contributed by atoms with Gasteiger partial charge in [0.2, 0.25) is 11.9 Å². The molecule has 0 radical (unpaired) electrons. The number of nitrogens with one attached hydrogen (secondary N) is 1. The SMILES string of the molecule is CCCNc1nc(N(C)CC)nc(-n2cncn2)n1. The van der Waals surface area contributed by atoms with E-state index in [1.807, 2.05) is 18.9 Å². The van der Waals surface area contributed by atoms with Crippen LogP contribution in [0.15, 0.2) is 12.7 Å². The van der Waals surface area contributed by atoms with Crippen molar-refractivity contribution in [3.63, 3.8) is 0 Å². The number of anilines is 2. The molecule has 2 rings (SSSR count). The summed E-state index contributed by atoms with van der Waals surface area (Å²) in [5.41, 5.74) is 0. The molecular weight excluding hydrogens is 244 g/mol. The van der Waals surface area contributed by atoms with E-state index < -0.39 is 0 Å². The third kappa shape index (κ3) is 3.15. The molecule has 102 valence electrons. The molecule has 0 spiro atoms. The second-order valence-corrected chi connectivity index (χ2v) is 4.04. The molecule has 0 unspecified atom stereocenters. The van der Waals surface area contributed by atoms with Gasteiger partial charge in [0.1, 0.15) is 12.7 Å². The van der Waals surface area contributed by atoms with Crippen LogP contribution in [0.2, 0.25) is 0 Å². The van der Waals surface area contributed by atoms with E-state index in [9.17, 15) is 0 Å². The fourth-order valence-corrected chi connectivity index (χ4v) is 1.40. The Morgan fingerprint density at radius 3 is 2.74 bits per heavy atom. The van der Waals surface area contributed by atoms with Crippen molar-refractivity contribution in [3.8, 4) is 5.95 Å². The summed E-state index contributed by atoms with van der Waals surface area (Å²) in [6, 6.07) is 0. The molecule has 0 amide bonds. The van der Waals surface area contributed by atoms with Crippen molar-refractivity contribution in [2.24, 2.45) is 0 Å². The van der Waals surface area contributed by atoms with Gasteiger partial charge in [0, 0.05) is 20.1 Å². The van der Waals surface area contributed by atoms with Crippen molar-refractivity contribution in [2.75, 3.05) is 30.4 Å². The molecule has 2 heterocycles. The van der Waals surface area contributed by atoms with Gasteiger partial charge in [0.05, 0.1) is 0 Å². The second kappa shape index (κ2) is 6.07. The zero-order valence-corrected chi connectivity index (χ0v) is 11.4. The van der Waals surface area contributed by atoms with Crippen molar-refractivity contribution in [1.82, 2.24) is 29.7 Å². The van der Waals surface area contributed by atoms with Gasteiger partial charge in [-0.25, -0.2) is 4.98 Å². The van der Waals surface area contributed by atoms with Crippen LogP contribution in [0.5, 0.6) is 0 Å². The lowest BCUT2D eigenvalue weighted by Crippen LogP contribution is -2.21. The van der Waals surface area contributed by atoms with Crippen LogP contribution in [-0.2, 0) is 0 Å². The largest absolute Gasteiger partial charge is 0.354 e. The second-order valence-electron chi connectivity index (χ2n) is 4.04. The fourth-order valence-electron chi connectivity index (χ4n) is 1.40. The van der Waals surface area contributed by atoms with E-state index in [2.05, 4.69) is 37.3 Å². The lowest BCUT2D eigenvalue weighted by Gasteiger charge is -2.15. The van der Waals surface area contributed by atoms with E-state index in [4.69, 9.17) is 0 Å². The van der Waals surface area contributed by atoms with Gasteiger partial charge in [-0.1, -0.05) is 6.92 Å². The standard InChI is InChI=1S/C11H18N8/c1-4-6-13-9-15-10(18(3)5-2)17-11(16-9)19-8-12-7-14-19/h7-8H,4-6H2,1-3H3,(H,13,15,16,17). The summed E-state index contributed by atoms with van der Waals surface area (Å²) in [5.74, 6) is 1.63. The van der Waals surface area contributed by atoms with Crippen LogP contribution in [0.25, 0.3) is 5.95 Å². The zero-order valence-electron chi connectivity index (χ0n) is 11.4. The van der Waals surface area contributed by atoms with Crippen molar-refractivity contribution >= 4 is 11.9 Å². The number of rotatable bonds is 6. The Labute approximate surface area is 111 Å². The quantitative estimate of drug-likeness (QED) is 0.821. The van der Waals surface area contributed by atoms with Crippen LogP contribution in [0.4, 0.5) is 11.9 Å². The molecule has 0 aliphatic rings. The van der Waals surface area contributed by atoms with E-state index in [0.717, 1.165) is 19.5 Å². The lowest BCUT2D eigenvalue weighted by molar-refractivity contribution is 0.776. The van der Waals surface area contributed by atoms with Crippen LogP contribution >= 0.6 is 0 Å². The Morgan fingerprint density at radius 1 is 1.26 bits per heavy atom. The maximum absolute atomic E-state index is 4.38. The molecule has 1 N–H and O–H groups in total. The smallest absolute Gasteiger partial charge is 0.258 e. The van der Waals surface area contributed by atoms with E-state index in [1.54, 1.807) is 6.33 Å². The number of nitrogens with zero attached hydrogens (tertiary/aromatic N) is 7. The first-order valence-corrected chi connectivity index (χ1v) is 6.30. The molecule has 2 aromatic rings. The van der Waals surface area contributed by atoms with Gasteiger partial charge >= 0.3 is 0 Å². The number of aromatic nitrogens is 6. The molecule has 0 aliphatic heterocycles. The van der Waals surface area contributed by atoms with E-state index in [1.165, 1.54) is 11.0 Å². The van der Waals surface area contributed by atoms with Crippen LogP contribution < -0.4 is 10.2 Å². The zero-order chi connectivity index (χ0) is 13.7. The number of hydrogen-bond donors (Lipinski definition) is 1. The van der Waals surface area contributed by atoms with Gasteiger partial charge in [-0.05, 0) is 13.3 Å². The summed E-state index contributed by atoms with van der Waals surface area (Å²) >= 11 is 0. The third-order valence-corrected chi connectivity index (χ3v) is 2.58. The normalized spacial score (nSPS) is 10.5. The molecule has 19 heavy (non-hydrogen) atoms. The minimum absolute atomic E-state index is 0.460. The Balaban J connectivity index is 2.36. The molecule has 8 heteroatoms. The molecule has 8 nitrogen and oxygen atoms in total. The fraction of sp³-hybridized carbons (Fsp3) is 0.545. The average Bonchev–Trinajstić information content (AvgIpc) is 2.98. The first kappa shape index (κ1) is 13.2. The summed E-state index contributed by atoms with van der Waals surface area (Å²) in [6.45, 7) is 5.76. The van der Waals surface area contributed by atoms with E-state index >= 15 is 0 Å². The summed E-state index contributed by atoms with van der Waals surface area (Å²) in [4.78, 5) is 18.9. The van der Waals surface area contributed by atoms with Gasteiger partial charge in [0.25, 0.3) is 5.95 Å². The Morgan fingerprint density at radius 2 is 2.11 bits per heavy atom. The molecule has 0 fully saturated rings. The van der Waals surface area contributed by atoms with Crippen LogP contribution in [-0.4, -0.2) is 49.9 Å². The molecule has 2 aromatic heterocycles. The van der Waals surface area contributed by atoms with E-state index in [0.29, 0.717) is 17.8 Å². The molecular formula is C11H18N8. The summed E-state index contributed by atoms with van der Waals surface area (Å²) < 4.78 is 1.52. The van der Waals surface area contributed by atoms with Gasteiger partial charge < -0.3 is 10.2 Å². The maximum atomic E-state index is 4.38. The first-order chi connectivity index (χ1) is 9.24. The summed E-state index contributed by atoms with van der Waals surface area (Å²) in [6.07, 6.45) is 4.02. The predicted octanol–water partition coefficient (Wildman–Crippen LogP) is 0.730. The molecule has 0 saturated heterocycles. The van der Waals surface area contributed by atoms with Crippen LogP contribution in [0, 0.1) is 0 Å². The van der Waals surface area contributed by atoms with Gasteiger partial charge in [-0.3, -0.25) is 0 Å². The third-order valence-electron chi connectivity index (χ3n) is 2.58. The highest BCUT2D eigenvalue weighted by atomic mass is 15.4. The Hall–Kier alpha value is -2.25. The maximum Gasteiger partial charge on any atom is 0.258 e. The van der Waals surface area contributed by atoms with Crippen molar-refractivity contribution in [2.45, 2.75) is 20.3 Å². The van der Waals surface area contributed by atoms with Crippen LogP contribution in [0.1, 0.15) is 20.3 Å². The molecule has 0 atom stereocenters. The Kier molecular flexibility index (Phi) is 4.22. The van der Waals surface area contributed by atoms with Gasteiger partial charge in [-0.2, -0.15) is 24.7 Å². The molecule has 0 aromatic carbocycles. The highest BCUT2D eigenvalue weighted by Crippen LogP contribution is 2.11. The highest BCUT2D eigenvalue weighted by molar-refractivity contribution is 5.39. The Bertz CT molecular complexity index is 509. The highest BCUT2D eigenvalue weighted by Gasteiger charge is 2.10. The van der Waals surface area contributed by atoms with Gasteiger partial charge in [0.15, 0.2) is 0 Å². The average molecular weight is 262 g/mol. The predicted molar refractivity (Wildman–Crippen MR) is 72.5 cm³/mol. The minimum Gasteiger partial charge on any atom is -0.354 e. The summed E-state index contributed by atoms with van der Waals surface area (Å²) in [5, 5.41) is 7.21. The van der Waals surface area contributed by atoms with E-state index in [-0.39, 0.29) is 0 Å². The van der Waals surface area contributed by atoms with Crippen molar-refractivity contribution in [3.05, 3.63) is 12.7 Å². The first-order valence-electron chi connectivity index (χ1n) is 6.30. The lowest BCUT2D eigenvalue weighted by atomic mass is 10.5. The molecule has 0 saturated carbocycles. The molecule has 0 aliphatic carbocycles. The monoisotopic (exact) mass is 262 g/mol. The topological polar surface area (TPSA) is 84.7 Å². The van der Waals surface area contributed by atoms with Crippen molar-refractivity contribution in [1.29, 1.82) is 0 Å². The van der Waals surface area contributed by atoms with Crippen LogP contribution in [0.3, 0.4) is 0 Å².